The van der Waals surface area contributed by atoms with Crippen LogP contribution in [-0.4, -0.2) is 19.6 Å². The van der Waals surface area contributed by atoms with Gasteiger partial charge < -0.3 is 10.5 Å². The highest BCUT2D eigenvalue weighted by Crippen LogP contribution is 2.21. The molecule has 2 N–H and O–H groups in total. The Morgan fingerprint density at radius 1 is 1.24 bits per heavy atom. The molecule has 4 heteroatoms. The largest absolute Gasteiger partial charge is 0.456 e. The van der Waals surface area contributed by atoms with Crippen molar-refractivity contribution in [3.63, 3.8) is 0 Å². The average molecular weight is 303 g/mol. The van der Waals surface area contributed by atoms with E-state index < -0.39 is 13.7 Å². The van der Waals surface area contributed by atoms with Crippen LogP contribution in [0.3, 0.4) is 0 Å². The minimum atomic E-state index is -1.48. The lowest BCUT2D eigenvalue weighted by molar-refractivity contribution is 0.00687. The zero-order valence-corrected chi connectivity index (χ0v) is 15.0. The molecule has 1 aromatic carbocycles. The Kier molecular flexibility index (Phi) is 4.90. The number of hydrogen-bond donors (Lipinski definition) is 1. The van der Waals surface area contributed by atoms with Gasteiger partial charge >= 0.3 is 5.97 Å². The fraction of sp³-hybridized carbons (Fsp3) is 0.471. The highest BCUT2D eigenvalue weighted by Gasteiger charge is 2.20. The molecule has 0 amide bonds. The number of nitrogen functional groups attached to an aromatic ring is 1. The molecule has 0 aromatic heterocycles. The molecule has 114 valence electrons. The summed E-state index contributed by atoms with van der Waals surface area (Å²) in [5.41, 5.74) is 11.3. The molecule has 0 aliphatic rings. The van der Waals surface area contributed by atoms with Gasteiger partial charge in [0.15, 0.2) is 0 Å². The molecule has 0 saturated heterocycles. The van der Waals surface area contributed by atoms with E-state index in [1.54, 1.807) is 6.07 Å². The van der Waals surface area contributed by atoms with Crippen LogP contribution in [0.15, 0.2) is 12.1 Å². The molecule has 21 heavy (non-hydrogen) atoms. The first-order chi connectivity index (χ1) is 9.39. The van der Waals surface area contributed by atoms with Crippen LogP contribution < -0.4 is 5.73 Å². The van der Waals surface area contributed by atoms with Gasteiger partial charge in [0.1, 0.15) is 13.7 Å². The molecule has 1 rings (SSSR count). The van der Waals surface area contributed by atoms with E-state index in [-0.39, 0.29) is 5.97 Å². The molecule has 0 saturated carbocycles. The van der Waals surface area contributed by atoms with Crippen molar-refractivity contribution in [2.24, 2.45) is 0 Å². The number of esters is 1. The third kappa shape index (κ3) is 5.64. The monoisotopic (exact) mass is 303 g/mol. The smallest absolute Gasteiger partial charge is 0.339 e. The van der Waals surface area contributed by atoms with Crippen LogP contribution in [0.5, 0.6) is 0 Å². The first kappa shape index (κ1) is 17.3. The third-order valence-electron chi connectivity index (χ3n) is 2.62. The van der Waals surface area contributed by atoms with Crippen molar-refractivity contribution in [2.75, 3.05) is 5.73 Å². The minimum Gasteiger partial charge on any atom is -0.456 e. The van der Waals surface area contributed by atoms with E-state index in [0.29, 0.717) is 11.3 Å². The second-order valence-corrected chi connectivity index (χ2v) is 12.0. The first-order valence-corrected chi connectivity index (χ1v) is 10.6. The van der Waals surface area contributed by atoms with Crippen molar-refractivity contribution in [1.82, 2.24) is 0 Å². The van der Waals surface area contributed by atoms with Crippen molar-refractivity contribution in [3.05, 3.63) is 28.8 Å². The summed E-state index contributed by atoms with van der Waals surface area (Å²) in [6, 6.07) is 3.47. The van der Waals surface area contributed by atoms with Gasteiger partial charge in [-0.1, -0.05) is 25.6 Å². The third-order valence-corrected chi connectivity index (χ3v) is 3.50. The predicted molar refractivity (Wildman–Crippen MR) is 91.0 cm³/mol. The van der Waals surface area contributed by atoms with Gasteiger partial charge in [-0.3, -0.25) is 0 Å². The summed E-state index contributed by atoms with van der Waals surface area (Å²) in [5, 5.41) is 0. The van der Waals surface area contributed by atoms with Crippen molar-refractivity contribution < 1.29 is 9.53 Å². The Labute approximate surface area is 128 Å². The van der Waals surface area contributed by atoms with Gasteiger partial charge in [-0.05, 0) is 45.4 Å². The molecular weight excluding hydrogens is 278 g/mol. The number of rotatable bonds is 1. The molecule has 1 aromatic rings. The van der Waals surface area contributed by atoms with Crippen LogP contribution in [0.4, 0.5) is 5.69 Å². The molecule has 3 nitrogen and oxygen atoms in total. The van der Waals surface area contributed by atoms with E-state index in [9.17, 15) is 4.79 Å². The van der Waals surface area contributed by atoms with Gasteiger partial charge in [-0.2, -0.15) is 0 Å². The molecule has 0 heterocycles. The van der Waals surface area contributed by atoms with Gasteiger partial charge in [0.2, 0.25) is 0 Å². The molecule has 0 spiro atoms. The lowest BCUT2D eigenvalue weighted by Gasteiger charge is -2.20. The van der Waals surface area contributed by atoms with Crippen LogP contribution in [0.25, 0.3) is 0 Å². The highest BCUT2D eigenvalue weighted by molar-refractivity contribution is 6.83. The maximum absolute atomic E-state index is 12.3. The molecule has 0 bridgehead atoms. The SMILES string of the molecule is Cc1c(C#C[Si](C)(C)C)cc(N)cc1C(=O)OC(C)(C)C. The number of benzene rings is 1. The normalized spacial score (nSPS) is 11.6. The molecule has 0 aliphatic heterocycles. The molecule has 0 atom stereocenters. The van der Waals surface area contributed by atoms with E-state index in [2.05, 4.69) is 31.1 Å². The minimum absolute atomic E-state index is 0.358. The van der Waals surface area contributed by atoms with E-state index in [1.165, 1.54) is 0 Å². The van der Waals surface area contributed by atoms with Gasteiger partial charge in [-0.25, -0.2) is 4.79 Å². The predicted octanol–water partition coefficient (Wildman–Crippen LogP) is 3.76. The quantitative estimate of drug-likeness (QED) is 0.372. The van der Waals surface area contributed by atoms with E-state index >= 15 is 0 Å². The van der Waals surface area contributed by atoms with E-state index in [4.69, 9.17) is 10.5 Å². The Balaban J connectivity index is 3.27. The van der Waals surface area contributed by atoms with E-state index in [0.717, 1.165) is 11.1 Å². The topological polar surface area (TPSA) is 52.3 Å². The fourth-order valence-electron chi connectivity index (χ4n) is 1.67. The second kappa shape index (κ2) is 5.95. The zero-order valence-electron chi connectivity index (χ0n) is 14.0. The highest BCUT2D eigenvalue weighted by atomic mass is 28.3. The zero-order chi connectivity index (χ0) is 16.4. The maximum Gasteiger partial charge on any atom is 0.339 e. The summed E-state index contributed by atoms with van der Waals surface area (Å²) < 4.78 is 5.43. The summed E-state index contributed by atoms with van der Waals surface area (Å²) in [6.07, 6.45) is 0. The Bertz CT molecular complexity index is 611. The lowest BCUT2D eigenvalue weighted by Crippen LogP contribution is -2.24. The average Bonchev–Trinajstić information content (AvgIpc) is 2.26. The summed E-state index contributed by atoms with van der Waals surface area (Å²) in [4.78, 5) is 12.3. The Morgan fingerprint density at radius 2 is 1.81 bits per heavy atom. The summed E-state index contributed by atoms with van der Waals surface area (Å²) in [5.74, 6) is 2.82. The van der Waals surface area contributed by atoms with Crippen molar-refractivity contribution >= 4 is 19.7 Å². The van der Waals surface area contributed by atoms with Crippen LogP contribution in [0.1, 0.15) is 42.3 Å². The van der Waals surface area contributed by atoms with Crippen LogP contribution in [0.2, 0.25) is 19.6 Å². The van der Waals surface area contributed by atoms with Gasteiger partial charge in [-0.15, -0.1) is 5.54 Å². The Hall–Kier alpha value is -1.73. The molecule has 0 aliphatic carbocycles. The van der Waals surface area contributed by atoms with Crippen LogP contribution in [-0.2, 0) is 4.74 Å². The lowest BCUT2D eigenvalue weighted by atomic mass is 10.0. The number of nitrogens with two attached hydrogens (primary N) is 1. The number of ether oxygens (including phenoxy) is 1. The van der Waals surface area contributed by atoms with Gasteiger partial charge in [0, 0.05) is 11.3 Å². The Morgan fingerprint density at radius 3 is 2.29 bits per heavy atom. The summed E-state index contributed by atoms with van der Waals surface area (Å²) in [6.45, 7) is 13.9. The molecule has 0 unspecified atom stereocenters. The fourth-order valence-corrected chi connectivity index (χ4v) is 2.18. The molecule has 0 fully saturated rings. The summed E-state index contributed by atoms with van der Waals surface area (Å²) in [7, 11) is -1.48. The standard InChI is InChI=1S/C17H25NO2Si/c1-12-13(8-9-21(5,6)7)10-14(18)11-15(12)16(19)20-17(2,3)4/h10-11H,18H2,1-7H3. The number of carbonyl (C=O) groups excluding carboxylic acids is 1. The first-order valence-electron chi connectivity index (χ1n) is 7.06. The van der Waals surface area contributed by atoms with Gasteiger partial charge in [0.05, 0.1) is 5.56 Å². The molecular formula is C17H25NO2Si. The number of hydrogen-bond acceptors (Lipinski definition) is 3. The van der Waals surface area contributed by atoms with Crippen molar-refractivity contribution in [2.45, 2.75) is 52.9 Å². The maximum atomic E-state index is 12.3. The number of anilines is 1. The van der Waals surface area contributed by atoms with Crippen molar-refractivity contribution in [3.8, 4) is 11.5 Å². The second-order valence-electron chi connectivity index (χ2n) is 7.24. The van der Waals surface area contributed by atoms with Crippen LogP contribution in [0, 0.1) is 18.4 Å². The van der Waals surface area contributed by atoms with Crippen molar-refractivity contribution in [1.29, 1.82) is 0 Å². The summed E-state index contributed by atoms with van der Waals surface area (Å²) >= 11 is 0. The van der Waals surface area contributed by atoms with E-state index in [1.807, 2.05) is 33.8 Å². The molecule has 0 radical (unpaired) electrons. The van der Waals surface area contributed by atoms with Gasteiger partial charge in [0.25, 0.3) is 0 Å². The number of carbonyl (C=O) groups is 1. The van der Waals surface area contributed by atoms with Crippen LogP contribution >= 0.6 is 0 Å².